The number of nitrogens with one attached hydrogen (secondary N) is 1. The molecule has 19 heavy (non-hydrogen) atoms. The number of likely N-dealkylation sites (tertiary alicyclic amines) is 1. The maximum absolute atomic E-state index is 12.0. The van der Waals surface area contributed by atoms with Crippen molar-refractivity contribution in [3.8, 4) is 0 Å². The van der Waals surface area contributed by atoms with E-state index in [9.17, 15) is 4.79 Å². The van der Waals surface area contributed by atoms with Gasteiger partial charge in [0.2, 0.25) is 5.91 Å². The number of carbonyl (C=O) groups is 1. The lowest BCUT2D eigenvalue weighted by Gasteiger charge is -2.35. The minimum atomic E-state index is 0.171. The summed E-state index contributed by atoms with van der Waals surface area (Å²) in [6.45, 7) is 9.44. The number of nitrogens with two attached hydrogens (primary N) is 1. The second kappa shape index (κ2) is 7.25. The molecule has 2 atom stereocenters. The molecule has 0 aromatic carbocycles. The molecule has 0 radical (unpaired) electrons. The molecule has 4 nitrogen and oxygen atoms in total. The summed E-state index contributed by atoms with van der Waals surface area (Å²) in [5.41, 5.74) is 5.77. The molecule has 1 aliphatic rings. The molecule has 1 saturated heterocycles. The average molecular weight is 269 g/mol. The van der Waals surface area contributed by atoms with Crippen molar-refractivity contribution in [2.24, 2.45) is 17.1 Å². The first-order valence-electron chi connectivity index (χ1n) is 7.52. The van der Waals surface area contributed by atoms with Gasteiger partial charge in [-0.2, -0.15) is 0 Å². The highest BCUT2D eigenvalue weighted by Crippen LogP contribution is 2.26. The van der Waals surface area contributed by atoms with Crippen LogP contribution in [0.2, 0.25) is 0 Å². The van der Waals surface area contributed by atoms with Crippen LogP contribution in [-0.4, -0.2) is 43.5 Å². The largest absolute Gasteiger partial charge is 0.353 e. The van der Waals surface area contributed by atoms with Gasteiger partial charge >= 0.3 is 0 Å². The molecule has 1 aliphatic heterocycles. The Kier molecular flexibility index (Phi) is 6.27. The van der Waals surface area contributed by atoms with E-state index in [1.165, 1.54) is 0 Å². The van der Waals surface area contributed by atoms with Crippen LogP contribution in [0, 0.1) is 11.3 Å². The summed E-state index contributed by atoms with van der Waals surface area (Å²) >= 11 is 0. The summed E-state index contributed by atoms with van der Waals surface area (Å²) in [6, 6.07) is 0.348. The quantitative estimate of drug-likeness (QED) is 0.770. The highest BCUT2D eigenvalue weighted by molar-refractivity contribution is 5.76. The SMILES string of the molecule is CC1CN(C)CCC1NC(=O)CCC(C)(C)CCN. The van der Waals surface area contributed by atoms with Crippen LogP contribution in [0.25, 0.3) is 0 Å². The van der Waals surface area contributed by atoms with Crippen molar-refractivity contribution in [1.82, 2.24) is 10.2 Å². The average Bonchev–Trinajstić information content (AvgIpc) is 2.30. The van der Waals surface area contributed by atoms with Crippen LogP contribution in [0.3, 0.4) is 0 Å². The molecular formula is C15H31N3O. The number of amides is 1. The molecule has 0 spiro atoms. The van der Waals surface area contributed by atoms with Crippen molar-refractivity contribution in [3.05, 3.63) is 0 Å². The zero-order valence-corrected chi connectivity index (χ0v) is 13.0. The van der Waals surface area contributed by atoms with Crippen molar-refractivity contribution >= 4 is 5.91 Å². The Balaban J connectivity index is 2.31. The van der Waals surface area contributed by atoms with Crippen LogP contribution in [0.4, 0.5) is 0 Å². The van der Waals surface area contributed by atoms with Crippen LogP contribution in [-0.2, 0) is 4.79 Å². The first-order valence-corrected chi connectivity index (χ1v) is 7.52. The summed E-state index contributed by atoms with van der Waals surface area (Å²) in [7, 11) is 2.14. The molecule has 3 N–H and O–H groups in total. The van der Waals surface area contributed by atoms with Crippen molar-refractivity contribution in [1.29, 1.82) is 0 Å². The fourth-order valence-electron chi connectivity index (χ4n) is 2.82. The zero-order valence-electron chi connectivity index (χ0n) is 13.0. The predicted octanol–water partition coefficient (Wildman–Crippen LogP) is 1.60. The normalized spacial score (nSPS) is 25.3. The van der Waals surface area contributed by atoms with E-state index in [0.29, 0.717) is 24.9 Å². The first-order chi connectivity index (χ1) is 8.84. The van der Waals surface area contributed by atoms with Crippen molar-refractivity contribution < 1.29 is 4.79 Å². The molecule has 4 heteroatoms. The maximum atomic E-state index is 12.0. The molecule has 0 aromatic rings. The first kappa shape index (κ1) is 16.4. The topological polar surface area (TPSA) is 58.4 Å². The number of piperidine rings is 1. The van der Waals surface area contributed by atoms with Crippen LogP contribution in [0.5, 0.6) is 0 Å². The van der Waals surface area contributed by atoms with Gasteiger partial charge in [-0.05, 0) is 50.7 Å². The van der Waals surface area contributed by atoms with E-state index in [-0.39, 0.29) is 11.3 Å². The zero-order chi connectivity index (χ0) is 14.5. The van der Waals surface area contributed by atoms with Gasteiger partial charge in [0.1, 0.15) is 0 Å². The Morgan fingerprint density at radius 3 is 2.68 bits per heavy atom. The number of carbonyl (C=O) groups excluding carboxylic acids is 1. The van der Waals surface area contributed by atoms with E-state index in [2.05, 4.69) is 38.0 Å². The van der Waals surface area contributed by atoms with Crippen LogP contribution in [0.15, 0.2) is 0 Å². The molecule has 0 bridgehead atoms. The van der Waals surface area contributed by atoms with Crippen molar-refractivity contribution in [2.45, 2.75) is 52.5 Å². The molecule has 1 fully saturated rings. The van der Waals surface area contributed by atoms with E-state index < -0.39 is 0 Å². The summed E-state index contributed by atoms with van der Waals surface area (Å²) in [5, 5.41) is 3.21. The standard InChI is InChI=1S/C15H31N3O/c1-12-11-18(4)10-6-13(12)17-14(19)5-7-15(2,3)8-9-16/h12-13H,5-11,16H2,1-4H3,(H,17,19). The highest BCUT2D eigenvalue weighted by atomic mass is 16.1. The third kappa shape index (κ3) is 5.91. The lowest BCUT2D eigenvalue weighted by atomic mass is 9.84. The molecule has 1 rings (SSSR count). The molecule has 1 amide bonds. The Morgan fingerprint density at radius 2 is 2.11 bits per heavy atom. The Hall–Kier alpha value is -0.610. The second-order valence-electron chi connectivity index (χ2n) is 6.91. The summed E-state index contributed by atoms with van der Waals surface area (Å²) in [5.74, 6) is 0.742. The smallest absolute Gasteiger partial charge is 0.220 e. The minimum Gasteiger partial charge on any atom is -0.353 e. The second-order valence-corrected chi connectivity index (χ2v) is 6.91. The highest BCUT2D eigenvalue weighted by Gasteiger charge is 2.26. The Morgan fingerprint density at radius 1 is 1.42 bits per heavy atom. The van der Waals surface area contributed by atoms with Gasteiger partial charge in [-0.15, -0.1) is 0 Å². The molecule has 0 aromatic heterocycles. The Labute approximate surface area is 118 Å². The molecule has 2 unspecified atom stereocenters. The van der Waals surface area contributed by atoms with E-state index in [1.54, 1.807) is 0 Å². The lowest BCUT2D eigenvalue weighted by molar-refractivity contribution is -0.123. The monoisotopic (exact) mass is 269 g/mol. The van der Waals surface area contributed by atoms with E-state index in [0.717, 1.165) is 32.4 Å². The number of hydrogen-bond acceptors (Lipinski definition) is 3. The number of rotatable bonds is 6. The molecule has 0 aliphatic carbocycles. The van der Waals surface area contributed by atoms with E-state index in [4.69, 9.17) is 5.73 Å². The van der Waals surface area contributed by atoms with E-state index >= 15 is 0 Å². The Bertz CT molecular complexity index is 291. The van der Waals surface area contributed by atoms with Gasteiger partial charge in [-0.25, -0.2) is 0 Å². The van der Waals surface area contributed by atoms with Gasteiger partial charge in [-0.1, -0.05) is 20.8 Å². The van der Waals surface area contributed by atoms with Gasteiger partial charge < -0.3 is 16.0 Å². The van der Waals surface area contributed by atoms with E-state index in [1.807, 2.05) is 0 Å². The van der Waals surface area contributed by atoms with Crippen molar-refractivity contribution in [2.75, 3.05) is 26.7 Å². The fourth-order valence-corrected chi connectivity index (χ4v) is 2.82. The van der Waals surface area contributed by atoms with Gasteiger partial charge in [0.05, 0.1) is 0 Å². The summed E-state index contributed by atoms with van der Waals surface area (Å²) < 4.78 is 0. The molecule has 0 saturated carbocycles. The number of nitrogens with zero attached hydrogens (tertiary/aromatic N) is 1. The van der Waals surface area contributed by atoms with Gasteiger partial charge in [0.25, 0.3) is 0 Å². The van der Waals surface area contributed by atoms with Gasteiger partial charge in [0.15, 0.2) is 0 Å². The fraction of sp³-hybridized carbons (Fsp3) is 0.933. The van der Waals surface area contributed by atoms with Gasteiger partial charge in [0, 0.05) is 19.0 Å². The maximum Gasteiger partial charge on any atom is 0.220 e. The summed E-state index contributed by atoms with van der Waals surface area (Å²) in [4.78, 5) is 14.4. The van der Waals surface area contributed by atoms with Gasteiger partial charge in [-0.3, -0.25) is 4.79 Å². The van der Waals surface area contributed by atoms with Crippen LogP contribution in [0.1, 0.15) is 46.5 Å². The molecular weight excluding hydrogens is 238 g/mol. The third-order valence-electron chi connectivity index (χ3n) is 4.30. The van der Waals surface area contributed by atoms with Crippen LogP contribution < -0.4 is 11.1 Å². The molecule has 112 valence electrons. The van der Waals surface area contributed by atoms with Crippen molar-refractivity contribution in [3.63, 3.8) is 0 Å². The lowest BCUT2D eigenvalue weighted by Crippen LogP contribution is -2.48. The summed E-state index contributed by atoms with van der Waals surface area (Å²) in [6.07, 6.45) is 3.57. The number of hydrogen-bond donors (Lipinski definition) is 2. The predicted molar refractivity (Wildman–Crippen MR) is 79.9 cm³/mol. The van der Waals surface area contributed by atoms with Crippen LogP contribution >= 0.6 is 0 Å². The minimum absolute atomic E-state index is 0.171. The third-order valence-corrected chi connectivity index (χ3v) is 4.30. The molecule has 1 heterocycles.